The lowest BCUT2D eigenvalue weighted by atomic mass is 10.0. The fourth-order valence-corrected chi connectivity index (χ4v) is 4.20. The molecule has 0 aliphatic carbocycles. The molecule has 39 heavy (non-hydrogen) atoms. The predicted molar refractivity (Wildman–Crippen MR) is 140 cm³/mol. The Bertz CT molecular complexity index is 1070. The van der Waals surface area contributed by atoms with Crippen LogP contribution in [-0.2, 0) is 30.4 Å². The van der Waals surface area contributed by atoms with Gasteiger partial charge < -0.3 is 48.7 Å². The van der Waals surface area contributed by atoms with Gasteiger partial charge >= 0.3 is 5.97 Å². The first-order valence-corrected chi connectivity index (χ1v) is 12.4. The average molecular weight is 549 g/mol. The SMILES string of the molecule is NC(=O)CC(N)C(=O)N1CCCC1C(=O)NC(CCCN=C(N)N)C(=O)NC(Cc1ccc(O)cc1)C(=O)O. The molecule has 4 amide bonds. The second-order valence-electron chi connectivity index (χ2n) is 9.25. The molecule has 214 valence electrons. The monoisotopic (exact) mass is 548 g/mol. The first-order chi connectivity index (χ1) is 18.4. The van der Waals surface area contributed by atoms with Gasteiger partial charge in [-0.25, -0.2) is 4.79 Å². The van der Waals surface area contributed by atoms with Gasteiger partial charge in [0, 0.05) is 19.5 Å². The minimum absolute atomic E-state index is 0.00762. The summed E-state index contributed by atoms with van der Waals surface area (Å²) in [7, 11) is 0. The molecule has 15 heteroatoms. The molecule has 0 spiro atoms. The fraction of sp³-hybridized carbons (Fsp3) is 0.500. The van der Waals surface area contributed by atoms with Gasteiger partial charge in [0.15, 0.2) is 5.96 Å². The molecule has 0 radical (unpaired) electrons. The van der Waals surface area contributed by atoms with Crippen LogP contribution in [0.4, 0.5) is 0 Å². The molecule has 1 heterocycles. The van der Waals surface area contributed by atoms with E-state index >= 15 is 0 Å². The Labute approximate surface area is 225 Å². The van der Waals surface area contributed by atoms with Gasteiger partial charge in [-0.15, -0.1) is 0 Å². The van der Waals surface area contributed by atoms with Gasteiger partial charge in [0.05, 0.1) is 12.5 Å². The number of carbonyl (C=O) groups excluding carboxylic acids is 4. The van der Waals surface area contributed by atoms with Crippen molar-refractivity contribution >= 4 is 35.6 Å². The van der Waals surface area contributed by atoms with E-state index in [0.717, 1.165) is 0 Å². The van der Waals surface area contributed by atoms with Crippen LogP contribution in [0, 0.1) is 0 Å². The largest absolute Gasteiger partial charge is 0.508 e. The van der Waals surface area contributed by atoms with E-state index in [1.807, 2.05) is 0 Å². The Hall–Kier alpha value is -4.40. The summed E-state index contributed by atoms with van der Waals surface area (Å²) in [6.45, 7) is 0.395. The molecule has 12 N–H and O–H groups in total. The highest BCUT2D eigenvalue weighted by atomic mass is 16.4. The van der Waals surface area contributed by atoms with Gasteiger partial charge in [-0.05, 0) is 43.4 Å². The van der Waals surface area contributed by atoms with E-state index in [-0.39, 0.29) is 50.5 Å². The molecule has 15 nitrogen and oxygen atoms in total. The molecule has 1 aromatic rings. The van der Waals surface area contributed by atoms with Gasteiger partial charge in [0.1, 0.15) is 23.9 Å². The molecule has 0 aromatic heterocycles. The number of aliphatic carboxylic acids is 1. The van der Waals surface area contributed by atoms with Crippen molar-refractivity contribution in [2.75, 3.05) is 13.1 Å². The van der Waals surface area contributed by atoms with E-state index in [1.54, 1.807) is 0 Å². The number of nitrogens with one attached hydrogen (secondary N) is 2. The number of nitrogens with zero attached hydrogens (tertiary/aromatic N) is 2. The Morgan fingerprint density at radius 1 is 1.05 bits per heavy atom. The molecule has 4 unspecified atom stereocenters. The molecule has 1 aliphatic heterocycles. The van der Waals surface area contributed by atoms with Crippen LogP contribution in [0.15, 0.2) is 29.3 Å². The number of guanidine groups is 1. The smallest absolute Gasteiger partial charge is 0.326 e. The van der Waals surface area contributed by atoms with Gasteiger partial charge in [-0.2, -0.15) is 0 Å². The third kappa shape index (κ3) is 9.77. The van der Waals surface area contributed by atoms with Crippen molar-refractivity contribution < 1.29 is 34.2 Å². The highest BCUT2D eigenvalue weighted by Crippen LogP contribution is 2.19. The summed E-state index contributed by atoms with van der Waals surface area (Å²) in [6.07, 6.45) is 0.713. The van der Waals surface area contributed by atoms with E-state index in [9.17, 15) is 34.2 Å². The van der Waals surface area contributed by atoms with E-state index in [4.69, 9.17) is 22.9 Å². The zero-order chi connectivity index (χ0) is 29.1. The number of aromatic hydroxyl groups is 1. The molecule has 2 rings (SSSR count). The number of carboxylic acid groups (broad SMARTS) is 1. The summed E-state index contributed by atoms with van der Waals surface area (Å²) in [6, 6.07) is 1.23. The zero-order valence-electron chi connectivity index (χ0n) is 21.4. The molecule has 0 saturated carbocycles. The Morgan fingerprint density at radius 2 is 1.72 bits per heavy atom. The van der Waals surface area contributed by atoms with Crippen LogP contribution in [0.3, 0.4) is 0 Å². The number of phenols is 1. The van der Waals surface area contributed by atoms with Crippen LogP contribution in [0.5, 0.6) is 5.75 Å². The summed E-state index contributed by atoms with van der Waals surface area (Å²) in [4.78, 5) is 67.2. The van der Waals surface area contributed by atoms with Crippen LogP contribution in [-0.4, -0.2) is 87.9 Å². The van der Waals surface area contributed by atoms with Crippen LogP contribution in [0.2, 0.25) is 0 Å². The number of aliphatic imine (C=N–C) groups is 1. The quantitative estimate of drug-likeness (QED) is 0.0673. The topological polar surface area (TPSA) is 270 Å². The first kappa shape index (κ1) is 30.8. The maximum Gasteiger partial charge on any atom is 0.326 e. The van der Waals surface area contributed by atoms with Crippen molar-refractivity contribution in [1.29, 1.82) is 0 Å². The normalized spacial score (nSPS) is 16.9. The Morgan fingerprint density at radius 3 is 2.31 bits per heavy atom. The second-order valence-corrected chi connectivity index (χ2v) is 9.25. The van der Waals surface area contributed by atoms with Gasteiger partial charge in [0.2, 0.25) is 23.6 Å². The molecule has 0 bridgehead atoms. The maximum atomic E-state index is 13.2. The average Bonchev–Trinajstić information content (AvgIpc) is 3.35. The number of rotatable bonds is 14. The number of carbonyl (C=O) groups is 5. The molecule has 1 saturated heterocycles. The van der Waals surface area contributed by atoms with E-state index < -0.39 is 53.8 Å². The minimum Gasteiger partial charge on any atom is -0.508 e. The number of hydrogen-bond acceptors (Lipinski definition) is 8. The number of carboxylic acids is 1. The molecule has 1 fully saturated rings. The van der Waals surface area contributed by atoms with Gasteiger partial charge in [0.25, 0.3) is 0 Å². The molecule has 1 aromatic carbocycles. The number of nitrogens with two attached hydrogens (primary N) is 4. The summed E-state index contributed by atoms with van der Waals surface area (Å²) < 4.78 is 0. The fourth-order valence-electron chi connectivity index (χ4n) is 4.20. The first-order valence-electron chi connectivity index (χ1n) is 12.4. The number of likely N-dealkylation sites (tertiary alicyclic amines) is 1. The van der Waals surface area contributed by atoms with Crippen LogP contribution >= 0.6 is 0 Å². The number of hydrogen-bond donors (Lipinski definition) is 8. The number of primary amides is 1. The van der Waals surface area contributed by atoms with E-state index in [0.29, 0.717) is 18.4 Å². The van der Waals surface area contributed by atoms with Crippen LogP contribution < -0.4 is 33.6 Å². The Balaban J connectivity index is 2.15. The van der Waals surface area contributed by atoms with Crippen molar-refractivity contribution in [2.45, 2.75) is 62.7 Å². The lowest BCUT2D eigenvalue weighted by Gasteiger charge is -2.28. The lowest BCUT2D eigenvalue weighted by molar-refractivity contribution is -0.143. The third-order valence-electron chi connectivity index (χ3n) is 6.15. The summed E-state index contributed by atoms with van der Waals surface area (Å²) >= 11 is 0. The zero-order valence-corrected chi connectivity index (χ0v) is 21.4. The summed E-state index contributed by atoms with van der Waals surface area (Å²) in [5.41, 5.74) is 22.1. The molecule has 4 atom stereocenters. The number of amides is 4. The van der Waals surface area contributed by atoms with Gasteiger partial charge in [-0.1, -0.05) is 12.1 Å². The highest BCUT2D eigenvalue weighted by molar-refractivity contribution is 5.95. The lowest BCUT2D eigenvalue weighted by Crippen LogP contribution is -2.57. The van der Waals surface area contributed by atoms with Crippen molar-refractivity contribution in [3.8, 4) is 5.75 Å². The summed E-state index contributed by atoms with van der Waals surface area (Å²) in [5, 5.41) is 24.2. The van der Waals surface area contributed by atoms with Crippen molar-refractivity contribution in [3.63, 3.8) is 0 Å². The van der Waals surface area contributed by atoms with Crippen molar-refractivity contribution in [3.05, 3.63) is 29.8 Å². The van der Waals surface area contributed by atoms with Crippen LogP contribution in [0.25, 0.3) is 0 Å². The minimum atomic E-state index is -1.32. The molecular weight excluding hydrogens is 512 g/mol. The number of benzene rings is 1. The highest BCUT2D eigenvalue weighted by Gasteiger charge is 2.38. The molecular formula is C24H36N8O7. The predicted octanol–water partition coefficient (Wildman–Crippen LogP) is -2.76. The standard InChI is InChI=1S/C24H36N8O7/c25-15(12-19(26)34)22(37)32-10-2-4-18(32)21(36)30-16(3-1-9-29-24(27)28)20(35)31-17(23(38)39)11-13-5-7-14(33)8-6-13/h5-8,15-18,33H,1-4,9-12,25H2,(H2,26,34)(H,30,36)(H,31,35)(H,38,39)(H4,27,28,29). The van der Waals surface area contributed by atoms with Crippen molar-refractivity contribution in [1.82, 2.24) is 15.5 Å². The van der Waals surface area contributed by atoms with E-state index in [1.165, 1.54) is 29.2 Å². The van der Waals surface area contributed by atoms with Gasteiger partial charge in [-0.3, -0.25) is 24.2 Å². The third-order valence-corrected chi connectivity index (χ3v) is 6.15. The molecule has 1 aliphatic rings. The van der Waals surface area contributed by atoms with Crippen molar-refractivity contribution in [2.24, 2.45) is 27.9 Å². The van der Waals surface area contributed by atoms with E-state index in [2.05, 4.69) is 15.6 Å². The summed E-state index contributed by atoms with van der Waals surface area (Å²) in [5.74, 6) is -4.17. The van der Waals surface area contributed by atoms with Crippen LogP contribution in [0.1, 0.15) is 37.7 Å². The maximum absolute atomic E-state index is 13.2. The Kier molecular flexibility index (Phi) is 11.5. The number of phenolic OH excluding ortho intramolecular Hbond substituents is 1. The second kappa shape index (κ2) is 14.5.